The van der Waals surface area contributed by atoms with E-state index < -0.39 is 6.29 Å². The molecule has 2 heterocycles. The van der Waals surface area contributed by atoms with Crippen LogP contribution >= 0.6 is 0 Å². The number of esters is 2. The lowest BCUT2D eigenvalue weighted by Crippen LogP contribution is -2.38. The van der Waals surface area contributed by atoms with Crippen molar-refractivity contribution in [1.82, 2.24) is 0 Å². The molecule has 0 spiro atoms. The maximum Gasteiger partial charge on any atom is 0.312 e. The molecular weight excluding hydrogens is 336 g/mol. The number of ether oxygens (including phenoxy) is 4. The molecule has 4 fully saturated rings. The summed E-state index contributed by atoms with van der Waals surface area (Å²) < 4.78 is 22.3. The molecule has 146 valence electrons. The molecule has 2 aliphatic heterocycles. The zero-order valence-electron chi connectivity index (χ0n) is 16.3. The molecule has 2 aliphatic carbocycles. The Morgan fingerprint density at radius 3 is 1.65 bits per heavy atom. The number of carbonyl (C=O) groups excluding carboxylic acids is 2. The van der Waals surface area contributed by atoms with Gasteiger partial charge in [0, 0.05) is 6.92 Å². The smallest absolute Gasteiger partial charge is 0.312 e. The van der Waals surface area contributed by atoms with Crippen LogP contribution in [0, 0.1) is 23.7 Å². The van der Waals surface area contributed by atoms with Crippen LogP contribution in [0.5, 0.6) is 0 Å². The molecule has 6 heteroatoms. The minimum Gasteiger partial charge on any atom is -0.425 e. The molecule has 6 nitrogen and oxygen atoms in total. The van der Waals surface area contributed by atoms with Crippen LogP contribution in [-0.4, -0.2) is 41.6 Å². The number of carbonyl (C=O) groups is 2. The van der Waals surface area contributed by atoms with Gasteiger partial charge in [-0.3, -0.25) is 9.59 Å². The second-order valence-electron chi connectivity index (χ2n) is 9.33. The van der Waals surface area contributed by atoms with Crippen molar-refractivity contribution in [2.75, 3.05) is 0 Å². The lowest BCUT2D eigenvalue weighted by molar-refractivity contribution is -0.193. The Kier molecular flexibility index (Phi) is 4.16. The van der Waals surface area contributed by atoms with Gasteiger partial charge in [0.25, 0.3) is 0 Å². The number of fused-ring (bicyclic) bond motifs is 2. The topological polar surface area (TPSA) is 77.7 Å². The average molecular weight is 366 g/mol. The molecule has 0 aromatic heterocycles. The van der Waals surface area contributed by atoms with Gasteiger partial charge >= 0.3 is 11.9 Å². The second-order valence-corrected chi connectivity index (χ2v) is 9.33. The van der Waals surface area contributed by atoms with Crippen molar-refractivity contribution in [3.63, 3.8) is 0 Å². The van der Waals surface area contributed by atoms with Gasteiger partial charge < -0.3 is 18.9 Å². The summed E-state index contributed by atoms with van der Waals surface area (Å²) in [7, 11) is 0. The van der Waals surface area contributed by atoms with Gasteiger partial charge in [-0.05, 0) is 51.4 Å². The molecular formula is C20H30O6. The summed E-state index contributed by atoms with van der Waals surface area (Å²) in [5.41, 5.74) is -0.102. The molecule has 2 saturated carbocycles. The highest BCUT2D eigenvalue weighted by Crippen LogP contribution is 2.52. The summed E-state index contributed by atoms with van der Waals surface area (Å²) in [5, 5.41) is 0. The van der Waals surface area contributed by atoms with Gasteiger partial charge in [-0.2, -0.15) is 0 Å². The molecule has 2 saturated heterocycles. The minimum atomic E-state index is -0.865. The first-order valence-corrected chi connectivity index (χ1v) is 9.88. The monoisotopic (exact) mass is 366 g/mol. The largest absolute Gasteiger partial charge is 0.425 e. The van der Waals surface area contributed by atoms with Gasteiger partial charge in [0.2, 0.25) is 6.29 Å². The number of epoxide rings is 2. The average Bonchev–Trinajstić information content (AvgIpc) is 3.37. The molecule has 0 aromatic rings. The predicted molar refractivity (Wildman–Crippen MR) is 92.0 cm³/mol. The van der Waals surface area contributed by atoms with Gasteiger partial charge in [0.15, 0.2) is 0 Å². The number of rotatable bonds is 4. The van der Waals surface area contributed by atoms with Gasteiger partial charge in [-0.15, -0.1) is 0 Å². The molecule has 8 unspecified atom stereocenters. The third-order valence-corrected chi connectivity index (χ3v) is 7.00. The Bertz CT molecular complexity index is 567. The van der Waals surface area contributed by atoms with E-state index >= 15 is 0 Å². The van der Waals surface area contributed by atoms with E-state index in [1.54, 1.807) is 6.92 Å². The van der Waals surface area contributed by atoms with E-state index in [9.17, 15) is 9.59 Å². The van der Waals surface area contributed by atoms with Crippen LogP contribution in [-0.2, 0) is 28.5 Å². The summed E-state index contributed by atoms with van der Waals surface area (Å²) in [5.74, 6) is -0.540. The van der Waals surface area contributed by atoms with E-state index in [-0.39, 0.29) is 59.0 Å². The fraction of sp³-hybridized carbons (Fsp3) is 0.900. The Morgan fingerprint density at radius 2 is 1.27 bits per heavy atom. The van der Waals surface area contributed by atoms with E-state index in [1.165, 1.54) is 0 Å². The van der Waals surface area contributed by atoms with Gasteiger partial charge in [0.1, 0.15) is 0 Å². The van der Waals surface area contributed by atoms with E-state index in [0.29, 0.717) is 12.8 Å². The summed E-state index contributed by atoms with van der Waals surface area (Å²) in [6.45, 7) is 9.93. The van der Waals surface area contributed by atoms with E-state index in [0.717, 1.165) is 12.8 Å². The van der Waals surface area contributed by atoms with Gasteiger partial charge in [-0.25, -0.2) is 0 Å². The lowest BCUT2D eigenvalue weighted by atomic mass is 9.75. The summed E-state index contributed by atoms with van der Waals surface area (Å²) in [6.07, 6.45) is 2.56. The molecule has 4 rings (SSSR count). The predicted octanol–water partition coefficient (Wildman–Crippen LogP) is 2.83. The molecule has 0 radical (unpaired) electrons. The Hall–Kier alpha value is -1.14. The molecule has 0 amide bonds. The first-order valence-electron chi connectivity index (χ1n) is 9.88. The standard InChI is InChI=1S/C20H30O6/c1-10-8-19(4)15(25-19)6-13(10)17(21)23-12(3)24-18(22)14-7-16-20(5,26-16)9-11(14)2/h10-16H,6-9H2,1-5H3. The molecule has 8 atom stereocenters. The van der Waals surface area contributed by atoms with Crippen LogP contribution in [0.15, 0.2) is 0 Å². The van der Waals surface area contributed by atoms with E-state index in [4.69, 9.17) is 18.9 Å². The highest BCUT2D eigenvalue weighted by Gasteiger charge is 2.60. The summed E-state index contributed by atoms with van der Waals surface area (Å²) in [4.78, 5) is 25.0. The number of hydrogen-bond acceptors (Lipinski definition) is 6. The van der Waals surface area contributed by atoms with Crippen LogP contribution in [0.4, 0.5) is 0 Å². The van der Waals surface area contributed by atoms with Crippen LogP contribution < -0.4 is 0 Å². The number of hydrogen-bond donors (Lipinski definition) is 0. The Balaban J connectivity index is 1.27. The van der Waals surface area contributed by atoms with Crippen molar-refractivity contribution in [1.29, 1.82) is 0 Å². The zero-order chi connectivity index (χ0) is 18.9. The van der Waals surface area contributed by atoms with Crippen molar-refractivity contribution < 1.29 is 28.5 Å². The zero-order valence-corrected chi connectivity index (χ0v) is 16.3. The minimum absolute atomic E-state index is 0.0508. The highest BCUT2D eigenvalue weighted by atomic mass is 16.7. The Morgan fingerprint density at radius 1 is 0.885 bits per heavy atom. The SMILES string of the molecule is CC(OC(=O)C1CC2OC2(C)CC1C)OC(=O)C1CC2OC2(C)CC1C. The van der Waals surface area contributed by atoms with Crippen molar-refractivity contribution >= 4 is 11.9 Å². The Labute approximate surface area is 154 Å². The highest BCUT2D eigenvalue weighted by molar-refractivity contribution is 5.75. The van der Waals surface area contributed by atoms with Crippen molar-refractivity contribution in [3.05, 3.63) is 0 Å². The van der Waals surface area contributed by atoms with Gasteiger partial charge in [0.05, 0.1) is 35.2 Å². The normalized spacial score (nSPS) is 50.0. The van der Waals surface area contributed by atoms with Crippen molar-refractivity contribution in [2.45, 2.75) is 90.0 Å². The van der Waals surface area contributed by atoms with E-state index in [2.05, 4.69) is 27.7 Å². The fourth-order valence-electron chi connectivity index (χ4n) is 5.21. The van der Waals surface area contributed by atoms with Crippen molar-refractivity contribution in [3.8, 4) is 0 Å². The quantitative estimate of drug-likeness (QED) is 0.432. The third-order valence-electron chi connectivity index (χ3n) is 7.00. The summed E-state index contributed by atoms with van der Waals surface area (Å²) in [6, 6.07) is 0. The van der Waals surface area contributed by atoms with Crippen LogP contribution in [0.3, 0.4) is 0 Å². The first kappa shape index (κ1) is 18.2. The van der Waals surface area contributed by atoms with Gasteiger partial charge in [-0.1, -0.05) is 13.8 Å². The molecule has 4 aliphatic rings. The second kappa shape index (κ2) is 5.93. The molecule has 0 bridgehead atoms. The van der Waals surface area contributed by atoms with Crippen LogP contribution in [0.1, 0.15) is 60.3 Å². The third kappa shape index (κ3) is 3.15. The maximum atomic E-state index is 12.5. The molecule has 0 N–H and O–H groups in total. The maximum absolute atomic E-state index is 12.5. The fourth-order valence-corrected chi connectivity index (χ4v) is 5.21. The van der Waals surface area contributed by atoms with E-state index in [1.807, 2.05) is 0 Å². The van der Waals surface area contributed by atoms with Crippen LogP contribution in [0.2, 0.25) is 0 Å². The van der Waals surface area contributed by atoms with Crippen LogP contribution in [0.25, 0.3) is 0 Å². The lowest BCUT2D eigenvalue weighted by Gasteiger charge is -2.30. The first-order chi connectivity index (χ1) is 12.1. The molecule has 0 aromatic carbocycles. The van der Waals surface area contributed by atoms with Crippen molar-refractivity contribution in [2.24, 2.45) is 23.7 Å². The molecule has 26 heavy (non-hydrogen) atoms. The summed E-state index contributed by atoms with van der Waals surface area (Å²) >= 11 is 0.